The third-order valence-electron chi connectivity index (χ3n) is 4.36. The first-order valence-corrected chi connectivity index (χ1v) is 8.83. The number of unbranched alkanes of at least 4 members (excludes halogenated alkanes) is 1. The molecule has 0 bridgehead atoms. The minimum Gasteiger partial charge on any atom is -0.481 e. The largest absolute Gasteiger partial charge is 0.481 e. The molecule has 4 nitrogen and oxygen atoms in total. The molecule has 1 aromatic heterocycles. The van der Waals surface area contributed by atoms with Gasteiger partial charge in [-0.15, -0.1) is 11.3 Å². The summed E-state index contributed by atoms with van der Waals surface area (Å²) in [5.74, 6) is -0.0952. The fourth-order valence-corrected chi connectivity index (χ4v) is 4.22. The fraction of sp³-hybridized carbons (Fsp3) is 0.529. The highest BCUT2D eigenvalue weighted by Crippen LogP contribution is 2.33. The number of benzene rings is 1. The van der Waals surface area contributed by atoms with Crippen LogP contribution in [0.5, 0.6) is 0 Å². The first kappa shape index (κ1) is 15.4. The normalized spacial score (nSPS) is 17.1. The molecule has 0 spiro atoms. The highest BCUT2D eigenvalue weighted by Gasteiger charge is 2.22. The maximum atomic E-state index is 10.5. The number of aromatic nitrogens is 1. The van der Waals surface area contributed by atoms with E-state index in [9.17, 15) is 4.79 Å². The van der Waals surface area contributed by atoms with E-state index in [4.69, 9.17) is 10.1 Å². The number of aliphatic carboxylic acids is 1. The number of fused-ring (bicyclic) bond motifs is 1. The molecule has 1 aromatic carbocycles. The predicted octanol–water partition coefficient (Wildman–Crippen LogP) is 3.73. The first-order chi connectivity index (χ1) is 10.7. The smallest absolute Gasteiger partial charge is 0.303 e. The van der Waals surface area contributed by atoms with Crippen LogP contribution in [0.1, 0.15) is 43.0 Å². The molecule has 0 atom stereocenters. The summed E-state index contributed by atoms with van der Waals surface area (Å²) < 4.78 is 1.29. The van der Waals surface area contributed by atoms with E-state index in [2.05, 4.69) is 23.1 Å². The predicted molar refractivity (Wildman–Crippen MR) is 89.5 cm³/mol. The van der Waals surface area contributed by atoms with Crippen molar-refractivity contribution in [2.24, 2.45) is 0 Å². The first-order valence-electron chi connectivity index (χ1n) is 8.02. The van der Waals surface area contributed by atoms with Gasteiger partial charge in [-0.05, 0) is 57.5 Å². The lowest BCUT2D eigenvalue weighted by Gasteiger charge is -2.30. The van der Waals surface area contributed by atoms with Crippen molar-refractivity contribution in [3.05, 3.63) is 29.3 Å². The second kappa shape index (κ2) is 7.20. The van der Waals surface area contributed by atoms with Crippen molar-refractivity contribution in [2.75, 3.05) is 19.6 Å². The fourth-order valence-electron chi connectivity index (χ4n) is 3.08. The zero-order valence-corrected chi connectivity index (χ0v) is 13.5. The summed E-state index contributed by atoms with van der Waals surface area (Å²) >= 11 is 1.83. The van der Waals surface area contributed by atoms with Gasteiger partial charge in [0, 0.05) is 12.3 Å². The molecule has 1 saturated heterocycles. The van der Waals surface area contributed by atoms with Crippen molar-refractivity contribution in [1.29, 1.82) is 0 Å². The van der Waals surface area contributed by atoms with Crippen LogP contribution in [0.2, 0.25) is 0 Å². The van der Waals surface area contributed by atoms with Crippen LogP contribution in [-0.4, -0.2) is 40.6 Å². The highest BCUT2D eigenvalue weighted by molar-refractivity contribution is 7.18. The van der Waals surface area contributed by atoms with E-state index in [0.717, 1.165) is 38.0 Å². The summed E-state index contributed by atoms with van der Waals surface area (Å²) in [6, 6.07) is 8.36. The van der Waals surface area contributed by atoms with Crippen molar-refractivity contribution in [1.82, 2.24) is 9.88 Å². The molecular weight excluding hydrogens is 296 g/mol. The molecule has 2 heterocycles. The molecule has 1 aliphatic rings. The maximum Gasteiger partial charge on any atom is 0.303 e. The van der Waals surface area contributed by atoms with E-state index < -0.39 is 5.97 Å². The molecule has 1 fully saturated rings. The summed E-state index contributed by atoms with van der Waals surface area (Å²) in [6.45, 7) is 3.24. The number of hydrogen-bond donors (Lipinski definition) is 1. The lowest BCUT2D eigenvalue weighted by molar-refractivity contribution is -0.137. The Hall–Kier alpha value is -1.46. The van der Waals surface area contributed by atoms with Gasteiger partial charge in [-0.3, -0.25) is 4.79 Å². The van der Waals surface area contributed by atoms with Crippen molar-refractivity contribution in [2.45, 2.75) is 38.0 Å². The van der Waals surface area contributed by atoms with Gasteiger partial charge in [0.05, 0.1) is 15.2 Å². The SMILES string of the molecule is O=C(O)CCCCN1CCC(c2nc3ccccc3s2)CC1. The van der Waals surface area contributed by atoms with Crippen LogP contribution in [-0.2, 0) is 4.79 Å². The molecular formula is C17H22N2O2S. The number of para-hydroxylation sites is 1. The number of carbonyl (C=O) groups is 1. The van der Waals surface area contributed by atoms with Gasteiger partial charge in [0.2, 0.25) is 0 Å². The zero-order chi connectivity index (χ0) is 15.4. The Morgan fingerprint density at radius 1 is 1.27 bits per heavy atom. The molecule has 0 aliphatic carbocycles. The average Bonchev–Trinajstić information content (AvgIpc) is 2.96. The molecule has 3 rings (SSSR count). The number of thiazole rings is 1. The quantitative estimate of drug-likeness (QED) is 0.825. The minimum atomic E-state index is -0.686. The van der Waals surface area contributed by atoms with Gasteiger partial charge in [-0.25, -0.2) is 4.98 Å². The van der Waals surface area contributed by atoms with Gasteiger partial charge in [-0.1, -0.05) is 12.1 Å². The highest BCUT2D eigenvalue weighted by atomic mass is 32.1. The third kappa shape index (κ3) is 3.84. The Morgan fingerprint density at radius 3 is 2.77 bits per heavy atom. The lowest BCUT2D eigenvalue weighted by atomic mass is 9.97. The Kier molecular flexibility index (Phi) is 5.05. The van der Waals surface area contributed by atoms with Crippen LogP contribution in [0, 0.1) is 0 Å². The van der Waals surface area contributed by atoms with Gasteiger partial charge in [0.15, 0.2) is 0 Å². The molecule has 0 unspecified atom stereocenters. The second-order valence-electron chi connectivity index (χ2n) is 5.99. The van der Waals surface area contributed by atoms with Crippen molar-refractivity contribution in [3.8, 4) is 0 Å². The number of rotatable bonds is 6. The molecule has 0 amide bonds. The van der Waals surface area contributed by atoms with Gasteiger partial charge in [0.25, 0.3) is 0 Å². The molecule has 0 radical (unpaired) electrons. The number of hydrogen-bond acceptors (Lipinski definition) is 4. The Balaban J connectivity index is 1.48. The summed E-state index contributed by atoms with van der Waals surface area (Å²) in [4.78, 5) is 17.8. The lowest BCUT2D eigenvalue weighted by Crippen LogP contribution is -2.33. The van der Waals surface area contributed by atoms with E-state index >= 15 is 0 Å². The van der Waals surface area contributed by atoms with E-state index in [0.29, 0.717) is 12.3 Å². The number of likely N-dealkylation sites (tertiary alicyclic amines) is 1. The zero-order valence-electron chi connectivity index (χ0n) is 12.7. The van der Waals surface area contributed by atoms with Crippen LogP contribution >= 0.6 is 11.3 Å². The summed E-state index contributed by atoms with van der Waals surface area (Å²) in [5, 5.41) is 9.94. The summed E-state index contributed by atoms with van der Waals surface area (Å²) in [7, 11) is 0. The molecule has 1 aliphatic heterocycles. The van der Waals surface area contributed by atoms with E-state index in [1.807, 2.05) is 17.4 Å². The molecule has 2 aromatic rings. The van der Waals surface area contributed by atoms with Crippen LogP contribution in [0.15, 0.2) is 24.3 Å². The Labute approximate surface area is 134 Å². The molecule has 0 saturated carbocycles. The summed E-state index contributed by atoms with van der Waals surface area (Å²) in [5.41, 5.74) is 1.12. The minimum absolute atomic E-state index is 0.294. The summed E-state index contributed by atoms with van der Waals surface area (Å²) in [6.07, 6.45) is 4.39. The van der Waals surface area contributed by atoms with Gasteiger partial charge >= 0.3 is 5.97 Å². The monoisotopic (exact) mass is 318 g/mol. The average molecular weight is 318 g/mol. The standard InChI is InChI=1S/C17H22N2O2S/c20-16(21)7-3-4-10-19-11-8-13(9-12-19)17-18-14-5-1-2-6-15(14)22-17/h1-2,5-6,13H,3-4,7-12H2,(H,20,21). The van der Waals surface area contributed by atoms with Crippen LogP contribution in [0.25, 0.3) is 10.2 Å². The molecule has 5 heteroatoms. The van der Waals surface area contributed by atoms with Gasteiger partial charge < -0.3 is 10.0 Å². The third-order valence-corrected chi connectivity index (χ3v) is 5.56. The van der Waals surface area contributed by atoms with Crippen molar-refractivity contribution >= 4 is 27.5 Å². The van der Waals surface area contributed by atoms with Crippen LogP contribution in [0.3, 0.4) is 0 Å². The van der Waals surface area contributed by atoms with E-state index in [-0.39, 0.29) is 0 Å². The number of piperidine rings is 1. The molecule has 118 valence electrons. The van der Waals surface area contributed by atoms with Gasteiger partial charge in [0.1, 0.15) is 0 Å². The van der Waals surface area contributed by atoms with E-state index in [1.54, 1.807) is 0 Å². The van der Waals surface area contributed by atoms with Crippen molar-refractivity contribution < 1.29 is 9.90 Å². The van der Waals surface area contributed by atoms with Gasteiger partial charge in [-0.2, -0.15) is 0 Å². The van der Waals surface area contributed by atoms with E-state index in [1.165, 1.54) is 22.5 Å². The maximum absolute atomic E-state index is 10.5. The van der Waals surface area contributed by atoms with Crippen molar-refractivity contribution in [3.63, 3.8) is 0 Å². The Morgan fingerprint density at radius 2 is 2.05 bits per heavy atom. The van der Waals surface area contributed by atoms with Crippen LogP contribution in [0.4, 0.5) is 0 Å². The Bertz CT molecular complexity index is 599. The number of carboxylic acid groups (broad SMARTS) is 1. The topological polar surface area (TPSA) is 53.4 Å². The molecule has 1 N–H and O–H groups in total. The number of carboxylic acids is 1. The second-order valence-corrected chi connectivity index (χ2v) is 7.05. The number of nitrogens with zero attached hydrogens (tertiary/aromatic N) is 2. The molecule has 22 heavy (non-hydrogen) atoms. The van der Waals surface area contributed by atoms with Crippen LogP contribution < -0.4 is 0 Å².